The molecule has 2 heterocycles. The number of hydrogen-bond donors (Lipinski definition) is 1. The van der Waals surface area contributed by atoms with Crippen molar-refractivity contribution in [3.63, 3.8) is 0 Å². The first-order valence-corrected chi connectivity index (χ1v) is 9.01. The van der Waals surface area contributed by atoms with Crippen LogP contribution in [0.15, 0.2) is 24.3 Å². The van der Waals surface area contributed by atoms with Gasteiger partial charge in [0.15, 0.2) is 0 Å². The zero-order chi connectivity index (χ0) is 16.1. The molecule has 3 rings (SSSR count). The topological polar surface area (TPSA) is 35.9 Å². The fraction of sp³-hybridized carbons (Fsp3) is 0.684. The van der Waals surface area contributed by atoms with Gasteiger partial charge >= 0.3 is 0 Å². The Hall–Kier alpha value is -1.10. The molecule has 2 aliphatic heterocycles. The van der Waals surface area contributed by atoms with Gasteiger partial charge in [-0.2, -0.15) is 0 Å². The lowest BCUT2D eigenvalue weighted by atomic mass is 10.1. The average Bonchev–Trinajstić information content (AvgIpc) is 3.19. The van der Waals surface area contributed by atoms with Crippen molar-refractivity contribution in [2.24, 2.45) is 5.92 Å². The van der Waals surface area contributed by atoms with Crippen molar-refractivity contribution in [3.05, 3.63) is 29.8 Å². The molecule has 4 nitrogen and oxygen atoms in total. The van der Waals surface area contributed by atoms with E-state index >= 15 is 0 Å². The summed E-state index contributed by atoms with van der Waals surface area (Å²) in [4.78, 5) is 5.00. The molecule has 0 bridgehead atoms. The fourth-order valence-electron chi connectivity index (χ4n) is 3.74. The van der Waals surface area contributed by atoms with Crippen LogP contribution in [-0.2, 0) is 0 Å². The zero-order valence-corrected chi connectivity index (χ0v) is 14.3. The van der Waals surface area contributed by atoms with Gasteiger partial charge in [-0.25, -0.2) is 0 Å². The van der Waals surface area contributed by atoms with Gasteiger partial charge in [-0.15, -0.1) is 0 Å². The van der Waals surface area contributed by atoms with Crippen LogP contribution in [0.2, 0.25) is 0 Å². The summed E-state index contributed by atoms with van der Waals surface area (Å²) >= 11 is 0. The van der Waals surface area contributed by atoms with Crippen LogP contribution in [0.3, 0.4) is 0 Å². The van der Waals surface area contributed by atoms with Gasteiger partial charge in [0, 0.05) is 19.6 Å². The third-order valence-electron chi connectivity index (χ3n) is 5.02. The van der Waals surface area contributed by atoms with Crippen LogP contribution in [0, 0.1) is 12.8 Å². The SMILES string of the molecule is Cc1ccc(OCC(O)CN2CCC(CN3CCCC3)C2)cc1. The summed E-state index contributed by atoms with van der Waals surface area (Å²) in [5.74, 6) is 1.61. The van der Waals surface area contributed by atoms with Crippen molar-refractivity contribution in [1.82, 2.24) is 9.80 Å². The van der Waals surface area contributed by atoms with Crippen molar-refractivity contribution < 1.29 is 9.84 Å². The van der Waals surface area contributed by atoms with Crippen LogP contribution in [0.4, 0.5) is 0 Å². The van der Waals surface area contributed by atoms with Crippen LogP contribution >= 0.6 is 0 Å². The highest BCUT2D eigenvalue weighted by Gasteiger charge is 2.26. The molecule has 2 aliphatic rings. The maximum atomic E-state index is 10.2. The molecule has 1 N–H and O–H groups in total. The van der Waals surface area contributed by atoms with Gasteiger partial charge in [-0.3, -0.25) is 0 Å². The van der Waals surface area contributed by atoms with Crippen LogP contribution in [0.25, 0.3) is 0 Å². The summed E-state index contributed by atoms with van der Waals surface area (Å²) in [6.45, 7) is 9.20. The lowest BCUT2D eigenvalue weighted by Crippen LogP contribution is -2.35. The van der Waals surface area contributed by atoms with E-state index in [2.05, 4.69) is 16.7 Å². The predicted molar refractivity (Wildman–Crippen MR) is 92.9 cm³/mol. The fourth-order valence-corrected chi connectivity index (χ4v) is 3.74. The first-order chi connectivity index (χ1) is 11.2. The summed E-state index contributed by atoms with van der Waals surface area (Å²) in [5.41, 5.74) is 1.22. The molecule has 2 atom stereocenters. The molecule has 23 heavy (non-hydrogen) atoms. The van der Waals surface area contributed by atoms with Crippen molar-refractivity contribution in [2.75, 3.05) is 45.9 Å². The Balaban J connectivity index is 1.35. The van der Waals surface area contributed by atoms with E-state index in [1.165, 1.54) is 44.5 Å². The molecule has 2 unspecified atom stereocenters. The maximum absolute atomic E-state index is 10.2. The van der Waals surface area contributed by atoms with Gasteiger partial charge in [-0.05, 0) is 63.9 Å². The number of hydrogen-bond acceptors (Lipinski definition) is 4. The third-order valence-corrected chi connectivity index (χ3v) is 5.02. The second-order valence-corrected chi connectivity index (χ2v) is 7.20. The highest BCUT2D eigenvalue weighted by atomic mass is 16.5. The van der Waals surface area contributed by atoms with E-state index in [0.29, 0.717) is 6.61 Å². The Labute approximate surface area is 140 Å². The minimum Gasteiger partial charge on any atom is -0.491 e. The molecule has 0 radical (unpaired) electrons. The van der Waals surface area contributed by atoms with Crippen molar-refractivity contribution >= 4 is 0 Å². The van der Waals surface area contributed by atoms with Crippen LogP contribution in [-0.4, -0.2) is 66.9 Å². The number of likely N-dealkylation sites (tertiary alicyclic amines) is 2. The number of nitrogens with zero attached hydrogens (tertiary/aromatic N) is 2. The second kappa shape index (κ2) is 8.13. The maximum Gasteiger partial charge on any atom is 0.119 e. The lowest BCUT2D eigenvalue weighted by molar-refractivity contribution is 0.0741. The first kappa shape index (κ1) is 16.7. The van der Waals surface area contributed by atoms with E-state index in [-0.39, 0.29) is 0 Å². The Morgan fingerprint density at radius 1 is 1.13 bits per heavy atom. The van der Waals surface area contributed by atoms with Crippen molar-refractivity contribution in [3.8, 4) is 5.75 Å². The largest absolute Gasteiger partial charge is 0.491 e. The van der Waals surface area contributed by atoms with Gasteiger partial charge < -0.3 is 19.6 Å². The molecule has 0 amide bonds. The Kier molecular flexibility index (Phi) is 5.92. The summed E-state index contributed by atoms with van der Waals surface area (Å²) in [6, 6.07) is 7.99. The highest BCUT2D eigenvalue weighted by Crippen LogP contribution is 2.20. The molecule has 0 aromatic heterocycles. The van der Waals surface area contributed by atoms with Gasteiger partial charge in [0.2, 0.25) is 0 Å². The molecular weight excluding hydrogens is 288 g/mol. The monoisotopic (exact) mass is 318 g/mol. The molecule has 0 aliphatic carbocycles. The smallest absolute Gasteiger partial charge is 0.119 e. The lowest BCUT2D eigenvalue weighted by Gasteiger charge is -2.22. The average molecular weight is 318 g/mol. The number of benzene rings is 1. The van der Waals surface area contributed by atoms with E-state index < -0.39 is 6.10 Å². The van der Waals surface area contributed by atoms with Crippen molar-refractivity contribution in [2.45, 2.75) is 32.3 Å². The van der Waals surface area contributed by atoms with Gasteiger partial charge in [0.25, 0.3) is 0 Å². The second-order valence-electron chi connectivity index (χ2n) is 7.20. The van der Waals surface area contributed by atoms with E-state index in [4.69, 9.17) is 4.74 Å². The summed E-state index contributed by atoms with van der Waals surface area (Å²) in [7, 11) is 0. The molecule has 2 fully saturated rings. The molecule has 128 valence electrons. The molecule has 1 aromatic rings. The molecule has 1 aromatic carbocycles. The quantitative estimate of drug-likeness (QED) is 0.836. The van der Waals surface area contributed by atoms with Crippen LogP contribution in [0.5, 0.6) is 5.75 Å². The van der Waals surface area contributed by atoms with Gasteiger partial charge in [-0.1, -0.05) is 17.7 Å². The Bertz CT molecular complexity index is 471. The molecule has 0 saturated carbocycles. The number of aliphatic hydroxyl groups is 1. The Morgan fingerprint density at radius 3 is 2.61 bits per heavy atom. The first-order valence-electron chi connectivity index (χ1n) is 9.01. The van der Waals surface area contributed by atoms with E-state index in [1.807, 2.05) is 24.3 Å². The molecule has 4 heteroatoms. The number of β-amino-alcohol motifs (C(OH)–C–C–N with tert-alkyl or cyclic N) is 1. The standard InChI is InChI=1S/C19H30N2O2/c1-16-4-6-19(7-5-16)23-15-18(22)14-21-11-8-17(13-21)12-20-9-2-3-10-20/h4-7,17-18,22H,2-3,8-15H2,1H3. The third kappa shape index (κ3) is 5.20. The summed E-state index contributed by atoms with van der Waals surface area (Å²) < 4.78 is 5.68. The molecule has 2 saturated heterocycles. The van der Waals surface area contributed by atoms with Crippen LogP contribution in [0.1, 0.15) is 24.8 Å². The summed E-state index contributed by atoms with van der Waals surface area (Å²) in [6.07, 6.45) is 3.58. The summed E-state index contributed by atoms with van der Waals surface area (Å²) in [5, 5.41) is 10.2. The molecular formula is C19H30N2O2. The highest BCUT2D eigenvalue weighted by molar-refractivity contribution is 5.26. The number of aryl methyl sites for hydroxylation is 1. The predicted octanol–water partition coefficient (Wildman–Crippen LogP) is 2.15. The zero-order valence-electron chi connectivity index (χ0n) is 14.3. The minimum absolute atomic E-state index is 0.371. The van der Waals surface area contributed by atoms with E-state index in [1.54, 1.807) is 0 Å². The number of ether oxygens (including phenoxy) is 1. The van der Waals surface area contributed by atoms with Gasteiger partial charge in [0.1, 0.15) is 18.5 Å². The Morgan fingerprint density at radius 2 is 1.87 bits per heavy atom. The van der Waals surface area contributed by atoms with E-state index in [9.17, 15) is 5.11 Å². The number of rotatable bonds is 7. The molecule has 0 spiro atoms. The normalized spacial score (nSPS) is 24.2. The van der Waals surface area contributed by atoms with Crippen molar-refractivity contribution in [1.29, 1.82) is 0 Å². The number of aliphatic hydroxyl groups excluding tert-OH is 1. The minimum atomic E-state index is -0.415. The van der Waals surface area contributed by atoms with E-state index in [0.717, 1.165) is 31.3 Å². The van der Waals surface area contributed by atoms with Gasteiger partial charge in [0.05, 0.1) is 0 Å². The van der Waals surface area contributed by atoms with Crippen LogP contribution < -0.4 is 4.74 Å².